The number of nitrogens with one attached hydrogen (secondary N) is 2. The first-order valence-corrected chi connectivity index (χ1v) is 10.5. The minimum Gasteiger partial charge on any atom is -0.340 e. The van der Waals surface area contributed by atoms with Gasteiger partial charge >= 0.3 is 0 Å². The highest BCUT2D eigenvalue weighted by molar-refractivity contribution is 7.89. The third kappa shape index (κ3) is 6.33. The van der Waals surface area contributed by atoms with Gasteiger partial charge in [-0.3, -0.25) is 9.59 Å². The van der Waals surface area contributed by atoms with Crippen LogP contribution >= 0.6 is 11.6 Å². The second kappa shape index (κ2) is 9.18. The summed E-state index contributed by atoms with van der Waals surface area (Å²) in [6.07, 6.45) is 0.403. The molecule has 9 heteroatoms. The Morgan fingerprint density at radius 2 is 1.75 bits per heavy atom. The Hall–Kier alpha value is -2.42. The molecule has 0 spiro atoms. The summed E-state index contributed by atoms with van der Waals surface area (Å²) in [4.78, 5) is 25.0. The minimum atomic E-state index is -3.89. The number of benzene rings is 2. The van der Waals surface area contributed by atoms with Crippen LogP contribution < -0.4 is 15.8 Å². The smallest absolute Gasteiger partial charge is 0.251 e. The van der Waals surface area contributed by atoms with Crippen molar-refractivity contribution in [2.45, 2.75) is 31.2 Å². The molecule has 1 unspecified atom stereocenters. The lowest BCUT2D eigenvalue weighted by atomic mass is 10.0. The zero-order chi connectivity index (χ0) is 20.9. The van der Waals surface area contributed by atoms with E-state index >= 15 is 0 Å². The Labute approximate surface area is 169 Å². The summed E-state index contributed by atoms with van der Waals surface area (Å²) in [5, 5.41) is 11.0. The van der Waals surface area contributed by atoms with E-state index in [0.717, 1.165) is 0 Å². The molecule has 28 heavy (non-hydrogen) atoms. The van der Waals surface area contributed by atoms with E-state index in [1.165, 1.54) is 18.2 Å². The van der Waals surface area contributed by atoms with E-state index in [-0.39, 0.29) is 16.5 Å². The van der Waals surface area contributed by atoms with E-state index in [0.29, 0.717) is 17.0 Å². The number of carbonyl (C=O) groups excluding carboxylic acids is 2. The van der Waals surface area contributed by atoms with Crippen LogP contribution in [0.5, 0.6) is 0 Å². The predicted molar refractivity (Wildman–Crippen MR) is 109 cm³/mol. The van der Waals surface area contributed by atoms with Crippen LogP contribution in [0.2, 0.25) is 5.02 Å². The number of sulfonamides is 1. The molecule has 2 amide bonds. The summed E-state index contributed by atoms with van der Waals surface area (Å²) in [5.74, 6) is -0.727. The van der Waals surface area contributed by atoms with Crippen molar-refractivity contribution in [2.24, 2.45) is 11.1 Å². The van der Waals surface area contributed by atoms with Crippen LogP contribution in [0.25, 0.3) is 0 Å². The maximum atomic E-state index is 12.7. The quantitative estimate of drug-likeness (QED) is 0.634. The van der Waals surface area contributed by atoms with Gasteiger partial charge in [0.25, 0.3) is 5.91 Å². The molecule has 2 rings (SSSR count). The number of primary sulfonamides is 1. The number of amides is 2. The van der Waals surface area contributed by atoms with E-state index in [2.05, 4.69) is 10.6 Å². The van der Waals surface area contributed by atoms with Crippen molar-refractivity contribution in [3.8, 4) is 0 Å². The van der Waals surface area contributed by atoms with E-state index in [1.807, 2.05) is 13.8 Å². The van der Waals surface area contributed by atoms with Crippen molar-refractivity contribution in [2.75, 3.05) is 5.32 Å². The molecule has 0 aromatic heterocycles. The lowest BCUT2D eigenvalue weighted by Crippen LogP contribution is -2.44. The molecule has 0 bridgehead atoms. The first kappa shape index (κ1) is 21.9. The molecule has 0 saturated heterocycles. The van der Waals surface area contributed by atoms with Crippen molar-refractivity contribution in [3.63, 3.8) is 0 Å². The van der Waals surface area contributed by atoms with Gasteiger partial charge in [-0.05, 0) is 54.8 Å². The summed E-state index contributed by atoms with van der Waals surface area (Å²) in [6.45, 7) is 3.85. The molecule has 1 atom stereocenters. The van der Waals surface area contributed by atoms with Gasteiger partial charge in [0, 0.05) is 16.3 Å². The maximum Gasteiger partial charge on any atom is 0.251 e. The maximum absolute atomic E-state index is 12.7. The molecular formula is C19H22ClN3O4S. The SMILES string of the molecule is CC(C)CC(NC(=O)c1ccc(Cl)cc1)C(=O)Nc1cccc(S(N)(=O)=O)c1. The zero-order valence-corrected chi connectivity index (χ0v) is 17.0. The highest BCUT2D eigenvalue weighted by Crippen LogP contribution is 2.16. The number of nitrogens with two attached hydrogens (primary N) is 1. The second-order valence-electron chi connectivity index (χ2n) is 6.72. The fraction of sp³-hybridized carbons (Fsp3) is 0.263. The molecule has 2 aromatic carbocycles. The molecule has 7 nitrogen and oxygen atoms in total. The number of hydrogen-bond acceptors (Lipinski definition) is 4. The van der Waals surface area contributed by atoms with Crippen LogP contribution in [-0.2, 0) is 14.8 Å². The molecule has 0 aliphatic carbocycles. The average Bonchev–Trinajstić information content (AvgIpc) is 2.60. The second-order valence-corrected chi connectivity index (χ2v) is 8.72. The first-order valence-electron chi connectivity index (χ1n) is 8.56. The molecule has 0 heterocycles. The summed E-state index contributed by atoms with van der Waals surface area (Å²) < 4.78 is 23.0. The predicted octanol–water partition coefficient (Wildman–Crippen LogP) is 2.77. The largest absolute Gasteiger partial charge is 0.340 e. The Morgan fingerprint density at radius 3 is 2.32 bits per heavy atom. The topological polar surface area (TPSA) is 118 Å². The number of rotatable bonds is 7. The van der Waals surface area contributed by atoms with Gasteiger partial charge < -0.3 is 10.6 Å². The van der Waals surface area contributed by atoms with Crippen LogP contribution in [0.15, 0.2) is 53.4 Å². The van der Waals surface area contributed by atoms with Gasteiger partial charge in [0.1, 0.15) is 6.04 Å². The van der Waals surface area contributed by atoms with Crippen molar-refractivity contribution < 1.29 is 18.0 Å². The molecule has 0 radical (unpaired) electrons. The van der Waals surface area contributed by atoms with E-state index in [9.17, 15) is 18.0 Å². The first-order chi connectivity index (χ1) is 13.1. The van der Waals surface area contributed by atoms with Crippen LogP contribution in [0.4, 0.5) is 5.69 Å². The van der Waals surface area contributed by atoms with Crippen LogP contribution in [0.3, 0.4) is 0 Å². The van der Waals surface area contributed by atoms with E-state index < -0.39 is 27.9 Å². The van der Waals surface area contributed by atoms with Crippen molar-refractivity contribution >= 4 is 39.1 Å². The lowest BCUT2D eigenvalue weighted by Gasteiger charge is -2.20. The summed E-state index contributed by atoms with van der Waals surface area (Å²) in [5.41, 5.74) is 0.646. The summed E-state index contributed by atoms with van der Waals surface area (Å²) >= 11 is 5.83. The third-order valence-corrected chi connectivity index (χ3v) is 5.03. The number of hydrogen-bond donors (Lipinski definition) is 3. The fourth-order valence-corrected chi connectivity index (χ4v) is 3.21. The molecular weight excluding hydrogens is 402 g/mol. The van der Waals surface area contributed by atoms with Crippen molar-refractivity contribution in [3.05, 3.63) is 59.1 Å². The Kier molecular flexibility index (Phi) is 7.17. The summed E-state index contributed by atoms with van der Waals surface area (Å²) in [6, 6.07) is 11.1. The number of halogens is 1. The standard InChI is InChI=1S/C19H22ClN3O4S/c1-12(2)10-17(23-18(24)13-6-8-14(20)9-7-13)19(25)22-15-4-3-5-16(11-15)28(21,26)27/h3-9,11-12,17H,10H2,1-2H3,(H,22,25)(H,23,24)(H2,21,26,27). The van der Waals surface area contributed by atoms with Crippen molar-refractivity contribution in [1.82, 2.24) is 5.32 Å². The lowest BCUT2D eigenvalue weighted by molar-refractivity contribution is -0.118. The zero-order valence-electron chi connectivity index (χ0n) is 15.5. The van der Waals surface area contributed by atoms with Crippen LogP contribution in [-0.4, -0.2) is 26.3 Å². The van der Waals surface area contributed by atoms with Gasteiger partial charge in [-0.2, -0.15) is 0 Å². The molecule has 0 fully saturated rings. The van der Waals surface area contributed by atoms with E-state index in [4.69, 9.17) is 16.7 Å². The molecule has 0 saturated carbocycles. The van der Waals surface area contributed by atoms with E-state index in [1.54, 1.807) is 30.3 Å². The molecule has 150 valence electrons. The molecule has 4 N–H and O–H groups in total. The third-order valence-electron chi connectivity index (χ3n) is 3.87. The number of anilines is 1. The average molecular weight is 424 g/mol. The molecule has 0 aliphatic heterocycles. The summed E-state index contributed by atoms with van der Waals surface area (Å²) in [7, 11) is -3.89. The highest BCUT2D eigenvalue weighted by Gasteiger charge is 2.23. The van der Waals surface area contributed by atoms with Gasteiger partial charge in [0.05, 0.1) is 4.90 Å². The van der Waals surface area contributed by atoms with Gasteiger partial charge in [0.2, 0.25) is 15.9 Å². The van der Waals surface area contributed by atoms with Gasteiger partial charge in [0.15, 0.2) is 0 Å². The normalized spacial score (nSPS) is 12.5. The highest BCUT2D eigenvalue weighted by atomic mass is 35.5. The number of carbonyl (C=O) groups is 2. The van der Waals surface area contributed by atoms with Gasteiger partial charge in [-0.1, -0.05) is 31.5 Å². The fourth-order valence-electron chi connectivity index (χ4n) is 2.53. The minimum absolute atomic E-state index is 0.115. The Balaban J connectivity index is 2.17. The van der Waals surface area contributed by atoms with Crippen LogP contribution in [0, 0.1) is 5.92 Å². The Bertz CT molecular complexity index is 959. The molecule has 0 aliphatic rings. The Morgan fingerprint density at radius 1 is 1.11 bits per heavy atom. The van der Waals surface area contributed by atoms with Gasteiger partial charge in [-0.15, -0.1) is 0 Å². The van der Waals surface area contributed by atoms with Crippen molar-refractivity contribution in [1.29, 1.82) is 0 Å². The molecule has 2 aromatic rings. The van der Waals surface area contributed by atoms with Gasteiger partial charge in [-0.25, -0.2) is 13.6 Å². The van der Waals surface area contributed by atoms with Crippen LogP contribution in [0.1, 0.15) is 30.6 Å². The monoisotopic (exact) mass is 423 g/mol.